The number of Topliss-reactive ketones (excluding diaryl/α,β-unsaturated/α-hetero) is 1. The second-order valence-corrected chi connectivity index (χ2v) is 8.48. The molecule has 3 N–H and O–H groups in total. The molecule has 0 aliphatic carbocycles. The van der Waals surface area contributed by atoms with Gasteiger partial charge in [0.15, 0.2) is 5.78 Å². The number of hydrogen-bond acceptors (Lipinski definition) is 5. The fourth-order valence-corrected chi connectivity index (χ4v) is 3.59. The Morgan fingerprint density at radius 2 is 1.97 bits per heavy atom. The van der Waals surface area contributed by atoms with Crippen LogP contribution in [0.4, 0.5) is 4.79 Å². The standard InChI is InChI=1S/C27H33NO6/c1-5-6-10-20-11-12-21(18(3)14-20)15-19(4)25(30)24-22(29)16-23(34-26(24)31)17(2)9-7-8-13-28-27(32)33/h8,11-17,28-29H,5-7,9-10H2,1-4H3,(H,32,33)/b13-8+,19-15+. The molecule has 0 bridgehead atoms. The van der Waals surface area contributed by atoms with Gasteiger partial charge in [-0.3, -0.25) is 10.1 Å². The van der Waals surface area contributed by atoms with E-state index in [0.29, 0.717) is 18.4 Å². The highest BCUT2D eigenvalue weighted by atomic mass is 16.4. The zero-order valence-corrected chi connectivity index (χ0v) is 20.2. The summed E-state index contributed by atoms with van der Waals surface area (Å²) in [6.45, 7) is 7.56. The molecule has 0 radical (unpaired) electrons. The minimum atomic E-state index is -1.15. The zero-order chi connectivity index (χ0) is 25.3. The summed E-state index contributed by atoms with van der Waals surface area (Å²) in [5.41, 5.74) is 2.22. The maximum atomic E-state index is 12.9. The molecular formula is C27H33NO6. The molecular weight excluding hydrogens is 434 g/mol. The molecule has 0 fully saturated rings. The Hall–Kier alpha value is -3.61. The Labute approximate surface area is 199 Å². The molecule has 0 spiro atoms. The van der Waals surface area contributed by atoms with Crippen LogP contribution in [0.3, 0.4) is 0 Å². The number of amides is 1. The molecule has 7 nitrogen and oxygen atoms in total. The highest BCUT2D eigenvalue weighted by Gasteiger charge is 2.22. The fraction of sp³-hybridized carbons (Fsp3) is 0.370. The molecule has 1 aromatic heterocycles. The predicted octanol–water partition coefficient (Wildman–Crippen LogP) is 5.95. The number of hydrogen-bond donors (Lipinski definition) is 3. The maximum absolute atomic E-state index is 12.9. The van der Waals surface area contributed by atoms with Crippen LogP contribution in [0.5, 0.6) is 5.75 Å². The maximum Gasteiger partial charge on any atom is 0.408 e. The lowest BCUT2D eigenvalue weighted by atomic mass is 9.97. The van der Waals surface area contributed by atoms with Crippen molar-refractivity contribution in [3.05, 3.63) is 80.5 Å². The Bertz CT molecular complexity index is 1140. The number of carbonyl (C=O) groups excluding carboxylic acids is 1. The molecule has 0 saturated carbocycles. The van der Waals surface area contributed by atoms with Crippen LogP contribution in [-0.4, -0.2) is 22.1 Å². The monoisotopic (exact) mass is 467 g/mol. The lowest BCUT2D eigenvalue weighted by molar-refractivity contribution is 0.102. The average molecular weight is 468 g/mol. The number of unbranched alkanes of at least 4 members (excludes halogenated alkanes) is 1. The van der Waals surface area contributed by atoms with Crippen molar-refractivity contribution in [2.24, 2.45) is 0 Å². The van der Waals surface area contributed by atoms with Crippen molar-refractivity contribution in [1.29, 1.82) is 0 Å². The Balaban J connectivity index is 2.17. The number of allylic oxidation sites excluding steroid dienone is 2. The van der Waals surface area contributed by atoms with Gasteiger partial charge in [-0.2, -0.15) is 0 Å². The number of ketones is 1. The second kappa shape index (κ2) is 12.6. The molecule has 7 heteroatoms. The van der Waals surface area contributed by atoms with Gasteiger partial charge in [0.2, 0.25) is 0 Å². The van der Waals surface area contributed by atoms with Crippen molar-refractivity contribution in [1.82, 2.24) is 5.32 Å². The molecule has 34 heavy (non-hydrogen) atoms. The first-order valence-electron chi connectivity index (χ1n) is 11.5. The van der Waals surface area contributed by atoms with E-state index in [0.717, 1.165) is 30.4 Å². The normalized spacial score (nSPS) is 12.6. The van der Waals surface area contributed by atoms with Crippen LogP contribution in [0.25, 0.3) is 6.08 Å². The summed E-state index contributed by atoms with van der Waals surface area (Å²) in [6, 6.07) is 7.42. The van der Waals surface area contributed by atoms with E-state index in [1.54, 1.807) is 19.1 Å². The van der Waals surface area contributed by atoms with E-state index in [4.69, 9.17) is 9.52 Å². The molecule has 2 rings (SSSR count). The van der Waals surface area contributed by atoms with Crippen LogP contribution >= 0.6 is 0 Å². The molecule has 0 aliphatic heterocycles. The lowest BCUT2D eigenvalue weighted by Crippen LogP contribution is -2.16. The van der Waals surface area contributed by atoms with Crippen molar-refractivity contribution in [2.45, 2.75) is 65.7 Å². The van der Waals surface area contributed by atoms with Crippen LogP contribution < -0.4 is 10.9 Å². The molecule has 1 amide bonds. The summed E-state index contributed by atoms with van der Waals surface area (Å²) in [7, 11) is 0. The number of aryl methyl sites for hydroxylation is 2. The third-order valence-corrected chi connectivity index (χ3v) is 5.64. The van der Waals surface area contributed by atoms with Gasteiger partial charge in [-0.15, -0.1) is 0 Å². The molecule has 182 valence electrons. The smallest absolute Gasteiger partial charge is 0.408 e. The number of benzene rings is 1. The first-order valence-corrected chi connectivity index (χ1v) is 11.5. The van der Waals surface area contributed by atoms with Gasteiger partial charge in [0, 0.05) is 18.2 Å². The first-order chi connectivity index (χ1) is 16.1. The average Bonchev–Trinajstić information content (AvgIpc) is 2.78. The third-order valence-electron chi connectivity index (χ3n) is 5.64. The van der Waals surface area contributed by atoms with Crippen molar-refractivity contribution in [2.75, 3.05) is 0 Å². The third kappa shape index (κ3) is 7.47. The van der Waals surface area contributed by atoms with E-state index < -0.39 is 23.3 Å². The number of carboxylic acid groups (broad SMARTS) is 1. The number of carbonyl (C=O) groups is 2. The highest BCUT2D eigenvalue weighted by molar-refractivity contribution is 6.12. The summed E-state index contributed by atoms with van der Waals surface area (Å²) >= 11 is 0. The van der Waals surface area contributed by atoms with Crippen LogP contribution in [-0.2, 0) is 6.42 Å². The lowest BCUT2D eigenvalue weighted by Gasteiger charge is -2.11. The molecule has 2 aromatic rings. The minimum absolute atomic E-state index is 0.220. The van der Waals surface area contributed by atoms with Gasteiger partial charge < -0.3 is 14.6 Å². The van der Waals surface area contributed by atoms with E-state index in [9.17, 15) is 19.5 Å². The Morgan fingerprint density at radius 1 is 1.24 bits per heavy atom. The fourth-order valence-electron chi connectivity index (χ4n) is 3.59. The van der Waals surface area contributed by atoms with Crippen molar-refractivity contribution in [3.63, 3.8) is 0 Å². The topological polar surface area (TPSA) is 117 Å². The van der Waals surface area contributed by atoms with Crippen molar-refractivity contribution < 1.29 is 24.2 Å². The quantitative estimate of drug-likeness (QED) is 0.278. The van der Waals surface area contributed by atoms with E-state index in [1.807, 2.05) is 26.0 Å². The molecule has 1 unspecified atom stereocenters. The number of rotatable bonds is 11. The SMILES string of the molecule is CCCCc1ccc(/C=C(\C)C(=O)c2c(O)cc(C(C)CC/C=C/NC(=O)O)oc2=O)c(C)c1. The van der Waals surface area contributed by atoms with Crippen molar-refractivity contribution >= 4 is 18.0 Å². The zero-order valence-electron chi connectivity index (χ0n) is 20.2. The van der Waals surface area contributed by atoms with E-state index in [-0.39, 0.29) is 17.2 Å². The number of aromatic hydroxyl groups is 1. The van der Waals surface area contributed by atoms with E-state index in [1.165, 1.54) is 17.8 Å². The van der Waals surface area contributed by atoms with Crippen LogP contribution in [0, 0.1) is 6.92 Å². The Morgan fingerprint density at radius 3 is 2.59 bits per heavy atom. The van der Waals surface area contributed by atoms with Crippen molar-refractivity contribution in [3.8, 4) is 5.75 Å². The summed E-state index contributed by atoms with van der Waals surface area (Å²) < 4.78 is 5.35. The van der Waals surface area contributed by atoms with Gasteiger partial charge in [0.05, 0.1) is 0 Å². The second-order valence-electron chi connectivity index (χ2n) is 8.48. The van der Waals surface area contributed by atoms with E-state index >= 15 is 0 Å². The summed E-state index contributed by atoms with van der Waals surface area (Å²) in [5, 5.41) is 21.1. The molecule has 1 aromatic carbocycles. The molecule has 1 heterocycles. The molecule has 0 aliphatic rings. The summed E-state index contributed by atoms with van der Waals surface area (Å²) in [6.07, 6.45) is 7.87. The molecule has 1 atom stereocenters. The van der Waals surface area contributed by atoms with Gasteiger partial charge in [-0.05, 0) is 67.9 Å². The summed E-state index contributed by atoms with van der Waals surface area (Å²) in [5.74, 6) is -0.949. The van der Waals surface area contributed by atoms with Crippen LogP contribution in [0.1, 0.15) is 85.2 Å². The van der Waals surface area contributed by atoms with Gasteiger partial charge >= 0.3 is 11.7 Å². The van der Waals surface area contributed by atoms with Crippen LogP contribution in [0.2, 0.25) is 0 Å². The van der Waals surface area contributed by atoms with E-state index in [2.05, 4.69) is 18.3 Å². The first kappa shape index (κ1) is 26.6. The largest absolute Gasteiger partial charge is 0.507 e. The Kier molecular flexibility index (Phi) is 9.86. The van der Waals surface area contributed by atoms with Gasteiger partial charge in [-0.25, -0.2) is 9.59 Å². The van der Waals surface area contributed by atoms with Gasteiger partial charge in [-0.1, -0.05) is 44.5 Å². The molecule has 0 saturated heterocycles. The number of nitrogens with one attached hydrogen (secondary N) is 1. The van der Waals surface area contributed by atoms with Gasteiger partial charge in [0.1, 0.15) is 17.1 Å². The minimum Gasteiger partial charge on any atom is -0.507 e. The highest BCUT2D eigenvalue weighted by Crippen LogP contribution is 2.26. The van der Waals surface area contributed by atoms with Crippen LogP contribution in [0.15, 0.2) is 51.3 Å². The summed E-state index contributed by atoms with van der Waals surface area (Å²) in [4.78, 5) is 35.9. The van der Waals surface area contributed by atoms with Gasteiger partial charge in [0.25, 0.3) is 0 Å². The predicted molar refractivity (Wildman–Crippen MR) is 132 cm³/mol.